The molecule has 0 atom stereocenters. The maximum absolute atomic E-state index is 14.0. The molecule has 0 radical (unpaired) electrons. The number of likely N-dealkylation sites (tertiary alicyclic amines) is 1. The van der Waals surface area contributed by atoms with Crippen molar-refractivity contribution in [2.24, 2.45) is 13.0 Å². The number of halogens is 2. The Kier molecular flexibility index (Phi) is 11.5. The first-order chi connectivity index (χ1) is 21.7. The lowest BCUT2D eigenvalue weighted by atomic mass is 9.94. The van der Waals surface area contributed by atoms with Crippen LogP contribution in [-0.4, -0.2) is 88.8 Å². The van der Waals surface area contributed by atoms with Crippen LogP contribution in [0.5, 0.6) is 5.75 Å². The monoisotopic (exact) mass is 638 g/mol. The first kappa shape index (κ1) is 33.5. The number of thioether (sulfide) groups is 1. The number of ether oxygens (including phenoxy) is 1. The van der Waals surface area contributed by atoms with Crippen molar-refractivity contribution in [3.8, 4) is 23.1 Å². The first-order valence-electron chi connectivity index (χ1n) is 14.6. The van der Waals surface area contributed by atoms with Crippen LogP contribution in [0.15, 0.2) is 36.5 Å². The van der Waals surface area contributed by atoms with E-state index in [0.717, 1.165) is 54.3 Å². The molecule has 1 aromatic heterocycles. The number of aryl methyl sites for hydroxylation is 1. The van der Waals surface area contributed by atoms with Crippen molar-refractivity contribution in [1.82, 2.24) is 19.4 Å². The van der Waals surface area contributed by atoms with Crippen molar-refractivity contribution in [3.63, 3.8) is 0 Å². The highest BCUT2D eigenvalue weighted by molar-refractivity contribution is 7.99. The number of hydrogen-bond donors (Lipinski definition) is 1. The molecule has 13 heteroatoms. The summed E-state index contributed by atoms with van der Waals surface area (Å²) in [5, 5.41) is 11.4. The molecular formula is C32H36F2N6O4S. The van der Waals surface area contributed by atoms with Crippen molar-refractivity contribution in [2.45, 2.75) is 19.8 Å². The Morgan fingerprint density at radius 3 is 2.42 bits per heavy atom. The van der Waals surface area contributed by atoms with Crippen LogP contribution in [0.2, 0.25) is 0 Å². The van der Waals surface area contributed by atoms with Crippen LogP contribution >= 0.6 is 11.8 Å². The van der Waals surface area contributed by atoms with Gasteiger partial charge < -0.3 is 24.4 Å². The van der Waals surface area contributed by atoms with Crippen LogP contribution in [0.3, 0.4) is 0 Å². The number of amides is 2. The fraction of sp³-hybridized carbons (Fsp3) is 0.406. The molecule has 2 saturated heterocycles. The molecule has 3 heterocycles. The van der Waals surface area contributed by atoms with Crippen LogP contribution in [0, 0.1) is 35.8 Å². The largest absolute Gasteiger partial charge is 0.476 e. The second kappa shape index (κ2) is 15.5. The number of rotatable bonds is 7. The minimum absolute atomic E-state index is 0.0464. The number of anilines is 1. The van der Waals surface area contributed by atoms with Crippen molar-refractivity contribution in [2.75, 3.05) is 56.7 Å². The Bertz CT molecular complexity index is 1580. The Labute approximate surface area is 265 Å². The van der Waals surface area contributed by atoms with E-state index < -0.39 is 11.6 Å². The highest BCUT2D eigenvalue weighted by Gasteiger charge is 2.31. The van der Waals surface area contributed by atoms with Gasteiger partial charge in [0.05, 0.1) is 11.9 Å². The third-order valence-electron chi connectivity index (χ3n) is 7.94. The minimum atomic E-state index is -1.19. The number of hydrogen-bond acceptors (Lipinski definition) is 8. The van der Waals surface area contributed by atoms with Gasteiger partial charge in [-0.2, -0.15) is 21.4 Å². The second-order valence-electron chi connectivity index (χ2n) is 10.6. The molecule has 1 N–H and O–H groups in total. The number of imidazole rings is 1. The molecule has 0 spiro atoms. The molecule has 0 bridgehead atoms. The van der Waals surface area contributed by atoms with Gasteiger partial charge in [0.1, 0.15) is 6.07 Å². The van der Waals surface area contributed by atoms with E-state index in [2.05, 4.69) is 10.3 Å². The average molecular weight is 639 g/mol. The fourth-order valence-corrected chi connectivity index (χ4v) is 6.24. The van der Waals surface area contributed by atoms with E-state index in [1.807, 2.05) is 53.7 Å². The summed E-state index contributed by atoms with van der Waals surface area (Å²) >= 11 is 1.92. The molecule has 45 heavy (non-hydrogen) atoms. The Balaban J connectivity index is 0.000000210. The quantitative estimate of drug-likeness (QED) is 0.375. The van der Waals surface area contributed by atoms with Crippen LogP contribution in [0.4, 0.5) is 14.5 Å². The summed E-state index contributed by atoms with van der Waals surface area (Å²) in [4.78, 5) is 43.8. The molecule has 238 valence electrons. The predicted molar refractivity (Wildman–Crippen MR) is 168 cm³/mol. The van der Waals surface area contributed by atoms with Gasteiger partial charge in [-0.1, -0.05) is 0 Å². The maximum atomic E-state index is 14.0. The number of piperidine rings is 1. The van der Waals surface area contributed by atoms with E-state index in [1.54, 1.807) is 6.07 Å². The van der Waals surface area contributed by atoms with E-state index >= 15 is 0 Å². The lowest BCUT2D eigenvalue weighted by molar-refractivity contribution is -0.136. The van der Waals surface area contributed by atoms with E-state index in [9.17, 15) is 23.2 Å². The lowest BCUT2D eigenvalue weighted by Gasteiger charge is -2.35. The third-order valence-corrected chi connectivity index (χ3v) is 8.89. The number of aromatic nitrogens is 2. The van der Waals surface area contributed by atoms with Crippen LogP contribution in [0.1, 0.15) is 39.4 Å². The minimum Gasteiger partial charge on any atom is -0.476 e. The summed E-state index contributed by atoms with van der Waals surface area (Å²) in [5.74, 6) is 0.000562. The van der Waals surface area contributed by atoms with Gasteiger partial charge in [-0.3, -0.25) is 14.4 Å². The summed E-state index contributed by atoms with van der Waals surface area (Å²) in [6, 6.07) is 10.0. The van der Waals surface area contributed by atoms with E-state index in [-0.39, 0.29) is 41.3 Å². The van der Waals surface area contributed by atoms with Crippen molar-refractivity contribution in [1.29, 1.82) is 5.26 Å². The third kappa shape index (κ3) is 7.81. The first-order valence-corrected chi connectivity index (χ1v) is 15.7. The number of nitrogens with one attached hydrogen (secondary N) is 1. The SMILES string of the molecule is CNc1ccc(C(=O)N2CCC(C(=O)N3CCSCC3)CC2)c(C)c1.Cn1c(-c2ccc(OCC#N)c(F)c2F)cnc1C=O. The van der Waals surface area contributed by atoms with E-state index in [1.165, 1.54) is 29.9 Å². The van der Waals surface area contributed by atoms with Gasteiger partial charge in [0, 0.05) is 74.5 Å². The van der Waals surface area contributed by atoms with Gasteiger partial charge in [0.25, 0.3) is 5.91 Å². The maximum Gasteiger partial charge on any atom is 0.254 e. The Morgan fingerprint density at radius 1 is 1.11 bits per heavy atom. The topological polar surface area (TPSA) is 121 Å². The van der Waals surface area contributed by atoms with Gasteiger partial charge in [-0.05, 0) is 55.7 Å². The number of nitrogens with zero attached hydrogens (tertiary/aromatic N) is 5. The number of nitriles is 1. The number of benzene rings is 2. The van der Waals surface area contributed by atoms with Crippen molar-refractivity contribution >= 4 is 35.5 Å². The van der Waals surface area contributed by atoms with Crippen LogP contribution in [-0.2, 0) is 11.8 Å². The lowest BCUT2D eigenvalue weighted by Crippen LogP contribution is -2.46. The second-order valence-corrected chi connectivity index (χ2v) is 11.9. The van der Waals surface area contributed by atoms with E-state index in [0.29, 0.717) is 25.3 Å². The zero-order chi connectivity index (χ0) is 32.5. The summed E-state index contributed by atoms with van der Waals surface area (Å²) in [5.41, 5.74) is 2.97. The van der Waals surface area contributed by atoms with Crippen LogP contribution < -0.4 is 10.1 Å². The van der Waals surface area contributed by atoms with Gasteiger partial charge in [0.15, 0.2) is 30.3 Å². The van der Waals surface area contributed by atoms with Gasteiger partial charge in [-0.25, -0.2) is 9.37 Å². The Hall–Kier alpha value is -4.44. The van der Waals surface area contributed by atoms with Gasteiger partial charge >= 0.3 is 0 Å². The summed E-state index contributed by atoms with van der Waals surface area (Å²) in [7, 11) is 3.39. The zero-order valence-electron chi connectivity index (χ0n) is 25.5. The molecule has 10 nitrogen and oxygen atoms in total. The molecule has 2 aromatic carbocycles. The molecule has 2 aliphatic heterocycles. The smallest absolute Gasteiger partial charge is 0.254 e. The van der Waals surface area contributed by atoms with Crippen molar-refractivity contribution < 1.29 is 27.9 Å². The predicted octanol–water partition coefficient (Wildman–Crippen LogP) is 4.54. The molecule has 2 fully saturated rings. The van der Waals surface area contributed by atoms with Gasteiger partial charge in [-0.15, -0.1) is 0 Å². The summed E-state index contributed by atoms with van der Waals surface area (Å²) in [6.07, 6.45) is 3.35. The zero-order valence-corrected chi connectivity index (χ0v) is 26.3. The number of carbonyl (C=O) groups excluding carboxylic acids is 3. The molecule has 0 aliphatic carbocycles. The number of carbonyl (C=O) groups is 3. The van der Waals surface area contributed by atoms with Crippen LogP contribution in [0.25, 0.3) is 11.3 Å². The summed E-state index contributed by atoms with van der Waals surface area (Å²) in [6.45, 7) is 4.69. The molecule has 0 unspecified atom stereocenters. The Morgan fingerprint density at radius 2 is 1.82 bits per heavy atom. The van der Waals surface area contributed by atoms with Crippen molar-refractivity contribution in [3.05, 3.63) is 65.1 Å². The summed E-state index contributed by atoms with van der Waals surface area (Å²) < 4.78 is 33.9. The highest BCUT2D eigenvalue weighted by atomic mass is 32.2. The molecular weight excluding hydrogens is 602 g/mol. The highest BCUT2D eigenvalue weighted by Crippen LogP contribution is 2.30. The standard InChI is InChI=1S/C19H27N3O2S.C13H9F2N3O2/c1-14-13-16(20-2)3-4-17(14)19(24)21-7-5-15(6-8-21)18(23)22-9-11-25-12-10-22;1-18-9(6-17-11(18)7-19)8-2-3-10(20-5-4-16)13(15)12(8)14/h3-4,13,15,20H,5-12H2,1-2H3;2-3,6-7H,5H2,1H3. The van der Waals surface area contributed by atoms with E-state index in [4.69, 9.17) is 10.00 Å². The van der Waals surface area contributed by atoms with Gasteiger partial charge in [0.2, 0.25) is 11.7 Å². The molecule has 5 rings (SSSR count). The molecule has 0 saturated carbocycles. The fourth-order valence-electron chi connectivity index (χ4n) is 5.34. The molecule has 2 amide bonds. The number of aldehydes is 1. The molecule has 3 aromatic rings. The normalized spacial score (nSPS) is 15.0. The molecule has 2 aliphatic rings. The average Bonchev–Trinajstić information content (AvgIpc) is 3.45.